The van der Waals surface area contributed by atoms with Gasteiger partial charge in [0.25, 0.3) is 0 Å². The van der Waals surface area contributed by atoms with Crippen molar-refractivity contribution in [2.75, 3.05) is 31.1 Å². The molecule has 0 aromatic heterocycles. The molecule has 21 heavy (non-hydrogen) atoms. The Morgan fingerprint density at radius 3 is 2.48 bits per heavy atom. The number of para-hydroxylation sites is 1. The monoisotopic (exact) mass is 290 g/mol. The average Bonchev–Trinajstić information content (AvgIpc) is 2.47. The van der Waals surface area contributed by atoms with Crippen molar-refractivity contribution >= 4 is 11.7 Å². The molecule has 1 aliphatic rings. The van der Waals surface area contributed by atoms with Gasteiger partial charge < -0.3 is 10.0 Å². The van der Waals surface area contributed by atoms with Gasteiger partial charge in [-0.2, -0.15) is 0 Å². The van der Waals surface area contributed by atoms with Crippen LogP contribution in [0.4, 0.5) is 5.69 Å². The van der Waals surface area contributed by atoms with Crippen molar-refractivity contribution in [3.8, 4) is 0 Å². The van der Waals surface area contributed by atoms with Gasteiger partial charge in [-0.3, -0.25) is 9.69 Å². The second-order valence-electron chi connectivity index (χ2n) is 5.99. The lowest BCUT2D eigenvalue weighted by molar-refractivity contribution is -0.137. The zero-order valence-electron chi connectivity index (χ0n) is 13.1. The van der Waals surface area contributed by atoms with Crippen molar-refractivity contribution in [3.63, 3.8) is 0 Å². The smallest absolute Gasteiger partial charge is 0.303 e. The molecule has 116 valence electrons. The van der Waals surface area contributed by atoms with Gasteiger partial charge in [-0.25, -0.2) is 0 Å². The lowest BCUT2D eigenvalue weighted by Gasteiger charge is -2.38. The number of hydrogen-bond donors (Lipinski definition) is 1. The third-order valence-electron chi connectivity index (χ3n) is 4.21. The van der Waals surface area contributed by atoms with Crippen molar-refractivity contribution < 1.29 is 9.90 Å². The summed E-state index contributed by atoms with van der Waals surface area (Å²) in [6.45, 7) is 8.79. The van der Waals surface area contributed by atoms with E-state index >= 15 is 0 Å². The minimum absolute atomic E-state index is 0.245. The third kappa shape index (κ3) is 4.46. The van der Waals surface area contributed by atoms with Gasteiger partial charge in [-0.05, 0) is 38.3 Å². The van der Waals surface area contributed by atoms with Crippen molar-refractivity contribution in [1.29, 1.82) is 0 Å². The van der Waals surface area contributed by atoms with Crippen LogP contribution in [-0.2, 0) is 11.2 Å². The summed E-state index contributed by atoms with van der Waals surface area (Å²) in [6.07, 6.45) is 1.79. The van der Waals surface area contributed by atoms with Crippen LogP contribution >= 0.6 is 0 Å². The predicted molar refractivity (Wildman–Crippen MR) is 85.9 cm³/mol. The second-order valence-corrected chi connectivity index (χ2v) is 5.99. The quantitative estimate of drug-likeness (QED) is 0.874. The first-order valence-electron chi connectivity index (χ1n) is 7.86. The highest BCUT2D eigenvalue weighted by Gasteiger charge is 2.20. The lowest BCUT2D eigenvalue weighted by Crippen LogP contribution is -2.49. The Morgan fingerprint density at radius 2 is 1.86 bits per heavy atom. The molecule has 1 N–H and O–H groups in total. The van der Waals surface area contributed by atoms with Crippen LogP contribution < -0.4 is 4.90 Å². The fraction of sp³-hybridized carbons (Fsp3) is 0.588. The van der Waals surface area contributed by atoms with E-state index < -0.39 is 5.97 Å². The Bertz CT molecular complexity index is 466. The van der Waals surface area contributed by atoms with Gasteiger partial charge in [0, 0.05) is 44.3 Å². The van der Waals surface area contributed by atoms with E-state index in [0.29, 0.717) is 12.5 Å². The van der Waals surface area contributed by atoms with Crippen LogP contribution in [0.2, 0.25) is 0 Å². The minimum atomic E-state index is -0.710. The van der Waals surface area contributed by atoms with E-state index in [9.17, 15) is 4.79 Å². The van der Waals surface area contributed by atoms with E-state index in [2.05, 4.69) is 41.8 Å². The van der Waals surface area contributed by atoms with E-state index in [1.165, 1.54) is 11.3 Å². The van der Waals surface area contributed by atoms with Gasteiger partial charge in [-0.1, -0.05) is 18.2 Å². The highest BCUT2D eigenvalue weighted by Crippen LogP contribution is 2.23. The van der Waals surface area contributed by atoms with Crippen molar-refractivity contribution in [2.45, 2.75) is 39.2 Å². The summed E-state index contributed by atoms with van der Waals surface area (Å²) in [7, 11) is 0. The van der Waals surface area contributed by atoms with Crippen LogP contribution in [0.5, 0.6) is 0 Å². The van der Waals surface area contributed by atoms with Crippen LogP contribution in [0.25, 0.3) is 0 Å². The molecule has 4 heteroatoms. The number of piperazine rings is 1. The number of carboxylic acid groups (broad SMARTS) is 1. The number of carbonyl (C=O) groups is 1. The van der Waals surface area contributed by atoms with Crippen LogP contribution in [0.1, 0.15) is 32.3 Å². The van der Waals surface area contributed by atoms with Crippen LogP contribution in [0.3, 0.4) is 0 Å². The van der Waals surface area contributed by atoms with Gasteiger partial charge in [0.15, 0.2) is 0 Å². The molecule has 0 amide bonds. The Kier molecular flexibility index (Phi) is 5.62. The first kappa shape index (κ1) is 15.8. The average molecular weight is 290 g/mol. The molecule has 1 aromatic carbocycles. The number of anilines is 1. The standard InChI is InChI=1S/C17H26N2O2/c1-14(2)18-10-12-19(13-11-18)16-8-4-3-6-15(16)7-5-9-17(20)21/h3-4,6,8,14H,5,7,9-13H2,1-2H3,(H,20,21). The number of aryl methyl sites for hydroxylation is 1. The maximum absolute atomic E-state index is 10.7. The van der Waals surface area contributed by atoms with E-state index in [4.69, 9.17) is 5.11 Å². The zero-order chi connectivity index (χ0) is 15.2. The highest BCUT2D eigenvalue weighted by atomic mass is 16.4. The molecule has 1 saturated heterocycles. The fourth-order valence-corrected chi connectivity index (χ4v) is 2.94. The van der Waals surface area contributed by atoms with Crippen LogP contribution in [-0.4, -0.2) is 48.2 Å². The molecule has 0 atom stereocenters. The summed E-state index contributed by atoms with van der Waals surface area (Å²) in [5.74, 6) is -0.710. The topological polar surface area (TPSA) is 43.8 Å². The molecule has 1 fully saturated rings. The predicted octanol–water partition coefficient (Wildman–Crippen LogP) is 2.62. The maximum Gasteiger partial charge on any atom is 0.303 e. The Hall–Kier alpha value is -1.55. The second kappa shape index (κ2) is 7.46. The normalized spacial score (nSPS) is 16.4. The Morgan fingerprint density at radius 1 is 1.19 bits per heavy atom. The number of benzene rings is 1. The molecule has 0 unspecified atom stereocenters. The van der Waals surface area contributed by atoms with E-state index in [-0.39, 0.29) is 6.42 Å². The molecule has 0 bridgehead atoms. The molecule has 4 nitrogen and oxygen atoms in total. The molecule has 1 aliphatic heterocycles. The van der Waals surface area contributed by atoms with Crippen molar-refractivity contribution in [2.24, 2.45) is 0 Å². The fourth-order valence-electron chi connectivity index (χ4n) is 2.94. The first-order chi connectivity index (χ1) is 10.1. The van der Waals surface area contributed by atoms with E-state index in [1.807, 2.05) is 6.07 Å². The van der Waals surface area contributed by atoms with Crippen molar-refractivity contribution in [3.05, 3.63) is 29.8 Å². The van der Waals surface area contributed by atoms with Gasteiger partial charge in [0.1, 0.15) is 0 Å². The van der Waals surface area contributed by atoms with Crippen LogP contribution in [0.15, 0.2) is 24.3 Å². The summed E-state index contributed by atoms with van der Waals surface area (Å²) in [5.41, 5.74) is 2.56. The zero-order valence-corrected chi connectivity index (χ0v) is 13.1. The largest absolute Gasteiger partial charge is 0.481 e. The van der Waals surface area contributed by atoms with E-state index in [1.54, 1.807) is 0 Å². The summed E-state index contributed by atoms with van der Waals surface area (Å²) >= 11 is 0. The third-order valence-corrected chi connectivity index (χ3v) is 4.21. The van der Waals surface area contributed by atoms with Gasteiger partial charge in [0.2, 0.25) is 0 Å². The number of aliphatic carboxylic acids is 1. The summed E-state index contributed by atoms with van der Waals surface area (Å²) in [4.78, 5) is 15.6. The summed E-state index contributed by atoms with van der Waals surface area (Å²) in [5, 5.41) is 8.77. The molecular formula is C17H26N2O2. The molecular weight excluding hydrogens is 264 g/mol. The Labute approximate surface area is 127 Å². The Balaban J connectivity index is 1.98. The SMILES string of the molecule is CC(C)N1CCN(c2ccccc2CCCC(=O)O)CC1. The van der Waals surface area contributed by atoms with Gasteiger partial charge in [-0.15, -0.1) is 0 Å². The minimum Gasteiger partial charge on any atom is -0.481 e. The number of nitrogens with zero attached hydrogens (tertiary/aromatic N) is 2. The number of rotatable bonds is 6. The lowest BCUT2D eigenvalue weighted by atomic mass is 10.0. The molecule has 0 spiro atoms. The first-order valence-corrected chi connectivity index (χ1v) is 7.86. The van der Waals surface area contributed by atoms with Gasteiger partial charge >= 0.3 is 5.97 Å². The van der Waals surface area contributed by atoms with Crippen LogP contribution in [0, 0.1) is 0 Å². The van der Waals surface area contributed by atoms with Gasteiger partial charge in [0.05, 0.1) is 0 Å². The molecule has 1 aromatic rings. The molecule has 0 aliphatic carbocycles. The number of hydrogen-bond acceptors (Lipinski definition) is 3. The van der Waals surface area contributed by atoms with Crippen molar-refractivity contribution in [1.82, 2.24) is 4.90 Å². The summed E-state index contributed by atoms with van der Waals surface area (Å²) < 4.78 is 0. The maximum atomic E-state index is 10.7. The highest BCUT2D eigenvalue weighted by molar-refractivity contribution is 5.66. The molecule has 1 heterocycles. The molecule has 0 radical (unpaired) electrons. The number of carboxylic acids is 1. The molecule has 2 rings (SSSR count). The molecule has 0 saturated carbocycles. The summed E-state index contributed by atoms with van der Waals surface area (Å²) in [6, 6.07) is 9.03. The van der Waals surface area contributed by atoms with E-state index in [0.717, 1.165) is 32.6 Å².